The minimum Gasteiger partial charge on any atom is -0.481 e. The molecule has 21 heavy (non-hydrogen) atoms. The Kier molecular flexibility index (Phi) is 6.10. The fourth-order valence-electron chi connectivity index (χ4n) is 1.40. The molecule has 0 atom stereocenters. The summed E-state index contributed by atoms with van der Waals surface area (Å²) in [4.78, 5) is 21.6. The van der Waals surface area contributed by atoms with E-state index < -0.39 is 21.8 Å². The smallest absolute Gasteiger partial charge is 0.331 e. The van der Waals surface area contributed by atoms with Crippen molar-refractivity contribution in [2.75, 3.05) is 6.61 Å². The van der Waals surface area contributed by atoms with Crippen LogP contribution in [0.4, 0.5) is 0 Å². The highest BCUT2D eigenvalue weighted by Crippen LogP contribution is 2.13. The van der Waals surface area contributed by atoms with Crippen LogP contribution in [0.25, 0.3) is 0 Å². The average Bonchev–Trinajstić information content (AvgIpc) is 2.42. The Morgan fingerprint density at radius 3 is 2.43 bits per heavy atom. The molecule has 6 nitrogen and oxygen atoms in total. The number of carbonyl (C=O) groups is 2. The molecule has 0 aliphatic heterocycles. The summed E-state index contributed by atoms with van der Waals surface area (Å²) >= 11 is 0. The Balaban J connectivity index is 2.56. The minimum absolute atomic E-state index is 0.0694. The third kappa shape index (κ3) is 6.22. The molecular formula is C14H16O6S. The summed E-state index contributed by atoms with van der Waals surface area (Å²) in [6.45, 7) is 1.76. The topological polar surface area (TPSA) is 97.7 Å². The predicted molar refractivity (Wildman–Crippen MR) is 75.3 cm³/mol. The Labute approximate surface area is 123 Å². The molecule has 1 N–H and O–H groups in total. The van der Waals surface area contributed by atoms with Gasteiger partial charge in [0.05, 0.1) is 11.5 Å². The van der Waals surface area contributed by atoms with Gasteiger partial charge in [0.25, 0.3) is 0 Å². The molecule has 0 radical (unpaired) electrons. The van der Waals surface area contributed by atoms with Gasteiger partial charge in [-0.25, -0.2) is 13.2 Å². The molecule has 0 heterocycles. The largest absolute Gasteiger partial charge is 0.481 e. The fourth-order valence-corrected chi connectivity index (χ4v) is 2.36. The zero-order valence-electron chi connectivity index (χ0n) is 11.5. The number of sulfone groups is 1. The molecule has 1 aromatic rings. The van der Waals surface area contributed by atoms with Gasteiger partial charge in [-0.15, -0.1) is 0 Å². The molecule has 0 fully saturated rings. The zero-order chi connectivity index (χ0) is 15.9. The number of carboxylic acids is 1. The van der Waals surface area contributed by atoms with Crippen molar-refractivity contribution >= 4 is 21.8 Å². The standard InChI is InChI=1S/C14H16O6S/c1-11-4-6-12(7-5-11)21(18,19)10-8-14(17)20-9-2-3-13(15)16/h4-8,10H,2-3,9H2,1H3,(H,15,16). The molecule has 7 heteroatoms. The molecule has 0 aliphatic rings. The highest BCUT2D eigenvalue weighted by molar-refractivity contribution is 7.94. The first-order chi connectivity index (χ1) is 9.81. The molecule has 1 rings (SSSR count). The molecule has 0 aromatic heterocycles. The maximum absolute atomic E-state index is 11.9. The molecule has 0 spiro atoms. The summed E-state index contributed by atoms with van der Waals surface area (Å²) < 4.78 is 28.5. The first-order valence-electron chi connectivity index (χ1n) is 6.19. The number of benzene rings is 1. The van der Waals surface area contributed by atoms with Crippen LogP contribution in [0.3, 0.4) is 0 Å². The van der Waals surface area contributed by atoms with Gasteiger partial charge < -0.3 is 9.84 Å². The van der Waals surface area contributed by atoms with E-state index in [2.05, 4.69) is 4.74 Å². The SMILES string of the molecule is Cc1ccc(S(=O)(=O)C=CC(=O)OCCCC(=O)O)cc1. The molecule has 0 amide bonds. The highest BCUT2D eigenvalue weighted by Gasteiger charge is 2.10. The van der Waals surface area contributed by atoms with E-state index in [1.54, 1.807) is 12.1 Å². The lowest BCUT2D eigenvalue weighted by molar-refractivity contribution is -0.141. The van der Waals surface area contributed by atoms with E-state index in [1.807, 2.05) is 6.92 Å². The van der Waals surface area contributed by atoms with Crippen LogP contribution in [-0.2, 0) is 24.2 Å². The van der Waals surface area contributed by atoms with Gasteiger partial charge in [-0.05, 0) is 25.5 Å². The second kappa shape index (κ2) is 7.58. The van der Waals surface area contributed by atoms with Crippen molar-refractivity contribution in [2.45, 2.75) is 24.7 Å². The zero-order valence-corrected chi connectivity index (χ0v) is 12.3. The number of rotatable bonds is 7. The number of esters is 1. The van der Waals surface area contributed by atoms with Crippen LogP contribution in [0.5, 0.6) is 0 Å². The Morgan fingerprint density at radius 1 is 1.24 bits per heavy atom. The molecule has 114 valence electrons. The van der Waals surface area contributed by atoms with Crippen LogP contribution in [0.15, 0.2) is 40.6 Å². The summed E-state index contributed by atoms with van der Waals surface area (Å²) in [5.41, 5.74) is 0.927. The van der Waals surface area contributed by atoms with Crippen LogP contribution >= 0.6 is 0 Å². The van der Waals surface area contributed by atoms with Gasteiger partial charge in [-0.2, -0.15) is 0 Å². The number of aryl methyl sites for hydroxylation is 1. The normalized spacial score (nSPS) is 11.5. The van der Waals surface area contributed by atoms with E-state index in [0.717, 1.165) is 17.0 Å². The summed E-state index contributed by atoms with van der Waals surface area (Å²) in [6, 6.07) is 6.22. The summed E-state index contributed by atoms with van der Waals surface area (Å²) in [6.07, 6.45) is 0.883. The van der Waals surface area contributed by atoms with Crippen molar-refractivity contribution in [2.24, 2.45) is 0 Å². The third-order valence-electron chi connectivity index (χ3n) is 2.51. The minimum atomic E-state index is -3.69. The highest BCUT2D eigenvalue weighted by atomic mass is 32.2. The lowest BCUT2D eigenvalue weighted by Gasteiger charge is -2.01. The summed E-state index contributed by atoms with van der Waals surface area (Å²) in [5.74, 6) is -1.81. The average molecular weight is 312 g/mol. The second-order valence-corrected chi connectivity index (χ2v) is 6.16. The summed E-state index contributed by atoms with van der Waals surface area (Å²) in [5, 5.41) is 9.18. The van der Waals surface area contributed by atoms with Crippen LogP contribution < -0.4 is 0 Å². The van der Waals surface area contributed by atoms with Crippen molar-refractivity contribution < 1.29 is 27.9 Å². The number of carbonyl (C=O) groups excluding carboxylic acids is 1. The van der Waals surface area contributed by atoms with Gasteiger partial charge in [-0.3, -0.25) is 4.79 Å². The van der Waals surface area contributed by atoms with E-state index in [0.29, 0.717) is 0 Å². The van der Waals surface area contributed by atoms with Crippen molar-refractivity contribution in [3.63, 3.8) is 0 Å². The third-order valence-corrected chi connectivity index (χ3v) is 3.94. The van der Waals surface area contributed by atoms with Crippen LogP contribution in [-0.4, -0.2) is 32.1 Å². The van der Waals surface area contributed by atoms with E-state index in [4.69, 9.17) is 5.11 Å². The lowest BCUT2D eigenvalue weighted by atomic mass is 10.2. The second-order valence-electron chi connectivity index (χ2n) is 4.33. The van der Waals surface area contributed by atoms with Crippen molar-refractivity contribution in [1.29, 1.82) is 0 Å². The van der Waals surface area contributed by atoms with Crippen molar-refractivity contribution in [3.8, 4) is 0 Å². The number of hydrogen-bond donors (Lipinski definition) is 1. The van der Waals surface area contributed by atoms with Gasteiger partial charge in [0.2, 0.25) is 0 Å². The summed E-state index contributed by atoms with van der Waals surface area (Å²) in [7, 11) is -3.69. The number of carboxylic acid groups (broad SMARTS) is 1. The first kappa shape index (κ1) is 16.9. The number of hydrogen-bond acceptors (Lipinski definition) is 5. The van der Waals surface area contributed by atoms with E-state index in [1.165, 1.54) is 12.1 Å². The van der Waals surface area contributed by atoms with E-state index in [9.17, 15) is 18.0 Å². The quantitative estimate of drug-likeness (QED) is 0.467. The van der Waals surface area contributed by atoms with Crippen LogP contribution in [0, 0.1) is 6.92 Å². The molecule has 0 aliphatic carbocycles. The van der Waals surface area contributed by atoms with Gasteiger partial charge in [0.1, 0.15) is 0 Å². The van der Waals surface area contributed by atoms with E-state index in [-0.39, 0.29) is 24.3 Å². The van der Waals surface area contributed by atoms with Gasteiger partial charge >= 0.3 is 11.9 Å². The fraction of sp³-hybridized carbons (Fsp3) is 0.286. The molecule has 0 bridgehead atoms. The monoisotopic (exact) mass is 312 g/mol. The van der Waals surface area contributed by atoms with Crippen molar-refractivity contribution in [3.05, 3.63) is 41.3 Å². The lowest BCUT2D eigenvalue weighted by Crippen LogP contribution is -2.06. The Hall–Kier alpha value is -2.15. The molecular weight excluding hydrogens is 296 g/mol. The maximum Gasteiger partial charge on any atom is 0.331 e. The van der Waals surface area contributed by atoms with E-state index >= 15 is 0 Å². The van der Waals surface area contributed by atoms with Gasteiger partial charge in [-0.1, -0.05) is 17.7 Å². The predicted octanol–water partition coefficient (Wildman–Crippen LogP) is 1.69. The Morgan fingerprint density at radius 2 is 1.86 bits per heavy atom. The first-order valence-corrected chi connectivity index (χ1v) is 7.74. The number of aliphatic carboxylic acids is 1. The molecule has 0 saturated heterocycles. The van der Waals surface area contributed by atoms with Gasteiger partial charge in [0.15, 0.2) is 9.84 Å². The van der Waals surface area contributed by atoms with Crippen molar-refractivity contribution in [1.82, 2.24) is 0 Å². The van der Waals surface area contributed by atoms with Crippen LogP contribution in [0.1, 0.15) is 18.4 Å². The van der Waals surface area contributed by atoms with Gasteiger partial charge in [0, 0.05) is 17.9 Å². The molecule has 0 unspecified atom stereocenters. The Bertz CT molecular complexity index is 628. The molecule has 1 aromatic carbocycles. The molecule has 0 saturated carbocycles. The van der Waals surface area contributed by atoms with Crippen LogP contribution in [0.2, 0.25) is 0 Å². The number of ether oxygens (including phenoxy) is 1. The maximum atomic E-state index is 11.9.